The lowest BCUT2D eigenvalue weighted by atomic mass is 9.97. The van der Waals surface area contributed by atoms with Gasteiger partial charge in [-0.25, -0.2) is 4.39 Å². The zero-order chi connectivity index (χ0) is 12.3. The van der Waals surface area contributed by atoms with Crippen molar-refractivity contribution >= 4 is 11.8 Å². The fourth-order valence-corrected chi connectivity index (χ4v) is 3.35. The molecule has 1 atom stereocenters. The van der Waals surface area contributed by atoms with E-state index in [1.807, 2.05) is 11.8 Å². The Balaban J connectivity index is 2.47. The van der Waals surface area contributed by atoms with Crippen molar-refractivity contribution in [3.8, 4) is 5.75 Å². The van der Waals surface area contributed by atoms with Gasteiger partial charge in [-0.05, 0) is 30.9 Å². The summed E-state index contributed by atoms with van der Waals surface area (Å²) in [6, 6.07) is 3.35. The molecule has 0 aliphatic carbocycles. The van der Waals surface area contributed by atoms with Crippen LogP contribution in [0.3, 0.4) is 0 Å². The summed E-state index contributed by atoms with van der Waals surface area (Å²) in [6.07, 6.45) is 0.968. The highest BCUT2D eigenvalue weighted by molar-refractivity contribution is 7.98. The third-order valence-electron chi connectivity index (χ3n) is 3.08. The first-order valence-electron chi connectivity index (χ1n) is 5.94. The molecule has 1 aliphatic heterocycles. The van der Waals surface area contributed by atoms with Crippen LogP contribution in [0.2, 0.25) is 0 Å². The monoisotopic (exact) mass is 255 g/mol. The van der Waals surface area contributed by atoms with Crippen LogP contribution in [0.5, 0.6) is 5.75 Å². The number of thioether (sulfide) groups is 1. The Kier molecular flexibility index (Phi) is 4.29. The number of nitrogens with one attached hydrogen (secondary N) is 1. The smallest absolute Gasteiger partial charge is 0.128 e. The molecule has 17 heavy (non-hydrogen) atoms. The van der Waals surface area contributed by atoms with Gasteiger partial charge in [-0.1, -0.05) is 6.92 Å². The minimum Gasteiger partial charge on any atom is -0.496 e. The number of benzene rings is 1. The molecule has 0 spiro atoms. The standard InChI is InChI=1S/C13H18FNOS/c1-3-15-11-6-7-17-8-9-12(16-2)5-4-10(14)13(9)11/h4-5,11,15H,3,6-8H2,1-2H3. The lowest BCUT2D eigenvalue weighted by molar-refractivity contribution is 0.406. The first-order valence-corrected chi connectivity index (χ1v) is 7.09. The van der Waals surface area contributed by atoms with E-state index >= 15 is 0 Å². The highest BCUT2D eigenvalue weighted by atomic mass is 32.2. The van der Waals surface area contributed by atoms with Gasteiger partial charge in [-0.2, -0.15) is 11.8 Å². The third kappa shape index (κ3) is 2.58. The quantitative estimate of drug-likeness (QED) is 0.896. The van der Waals surface area contributed by atoms with Crippen LogP contribution in [0, 0.1) is 5.82 Å². The van der Waals surface area contributed by atoms with Gasteiger partial charge in [0.1, 0.15) is 11.6 Å². The van der Waals surface area contributed by atoms with Gasteiger partial charge in [0.2, 0.25) is 0 Å². The van der Waals surface area contributed by atoms with Crippen LogP contribution >= 0.6 is 11.8 Å². The predicted octanol–water partition coefficient (Wildman–Crippen LogP) is 3.12. The summed E-state index contributed by atoms with van der Waals surface area (Å²) in [5, 5.41) is 3.36. The molecule has 1 aromatic carbocycles. The number of ether oxygens (including phenoxy) is 1. The van der Waals surface area contributed by atoms with E-state index in [1.165, 1.54) is 6.07 Å². The van der Waals surface area contributed by atoms with Crippen molar-refractivity contribution in [3.05, 3.63) is 29.1 Å². The Morgan fingerprint density at radius 3 is 3.06 bits per heavy atom. The number of hydrogen-bond acceptors (Lipinski definition) is 3. The Labute approximate surface area is 106 Å². The SMILES string of the molecule is CCNC1CCSCc2c(OC)ccc(F)c21. The summed E-state index contributed by atoms with van der Waals surface area (Å²) in [4.78, 5) is 0. The average molecular weight is 255 g/mol. The molecule has 0 amide bonds. The fraction of sp³-hybridized carbons (Fsp3) is 0.538. The fourth-order valence-electron chi connectivity index (χ4n) is 2.30. The molecule has 1 aliphatic rings. The van der Waals surface area contributed by atoms with Crippen molar-refractivity contribution in [2.75, 3.05) is 19.4 Å². The van der Waals surface area contributed by atoms with Crippen molar-refractivity contribution in [1.29, 1.82) is 0 Å². The lowest BCUT2D eigenvalue weighted by Gasteiger charge is -2.20. The summed E-state index contributed by atoms with van der Waals surface area (Å²) < 4.78 is 19.4. The average Bonchev–Trinajstić information content (AvgIpc) is 2.54. The van der Waals surface area contributed by atoms with Crippen molar-refractivity contribution < 1.29 is 9.13 Å². The molecule has 2 rings (SSSR count). The molecule has 0 bridgehead atoms. The van der Waals surface area contributed by atoms with E-state index < -0.39 is 0 Å². The Morgan fingerprint density at radius 2 is 2.35 bits per heavy atom. The minimum absolute atomic E-state index is 0.111. The normalized spacial score (nSPS) is 19.6. The second-order valence-electron chi connectivity index (χ2n) is 4.09. The van der Waals surface area contributed by atoms with Crippen LogP contribution in [0.1, 0.15) is 30.5 Å². The molecule has 0 radical (unpaired) electrons. The van der Waals surface area contributed by atoms with Gasteiger partial charge in [0.05, 0.1) is 7.11 Å². The number of halogens is 1. The van der Waals surface area contributed by atoms with E-state index in [4.69, 9.17) is 4.74 Å². The van der Waals surface area contributed by atoms with Gasteiger partial charge in [-0.3, -0.25) is 0 Å². The van der Waals surface area contributed by atoms with E-state index in [0.717, 1.165) is 41.3 Å². The van der Waals surface area contributed by atoms with Gasteiger partial charge < -0.3 is 10.1 Å². The number of hydrogen-bond donors (Lipinski definition) is 1. The molecule has 1 aromatic rings. The molecule has 2 nitrogen and oxygen atoms in total. The van der Waals surface area contributed by atoms with Gasteiger partial charge in [0.25, 0.3) is 0 Å². The Bertz CT molecular complexity index is 397. The highest BCUT2D eigenvalue weighted by Crippen LogP contribution is 2.37. The first kappa shape index (κ1) is 12.7. The summed E-state index contributed by atoms with van der Waals surface area (Å²) in [5.74, 6) is 2.57. The number of methoxy groups -OCH3 is 1. The highest BCUT2D eigenvalue weighted by Gasteiger charge is 2.24. The molecule has 1 N–H and O–H groups in total. The molecular weight excluding hydrogens is 237 g/mol. The maximum Gasteiger partial charge on any atom is 0.128 e. The van der Waals surface area contributed by atoms with E-state index in [9.17, 15) is 4.39 Å². The molecule has 0 saturated heterocycles. The summed E-state index contributed by atoms with van der Waals surface area (Å²) >= 11 is 1.84. The molecule has 94 valence electrons. The zero-order valence-corrected chi connectivity index (χ0v) is 11.1. The second-order valence-corrected chi connectivity index (χ2v) is 5.20. The van der Waals surface area contributed by atoms with Crippen LogP contribution in [-0.4, -0.2) is 19.4 Å². The van der Waals surface area contributed by atoms with Crippen LogP contribution in [0.15, 0.2) is 12.1 Å². The minimum atomic E-state index is -0.116. The van der Waals surface area contributed by atoms with Crippen LogP contribution in [0.25, 0.3) is 0 Å². The van der Waals surface area contributed by atoms with Crippen LogP contribution in [0.4, 0.5) is 4.39 Å². The lowest BCUT2D eigenvalue weighted by Crippen LogP contribution is -2.23. The van der Waals surface area contributed by atoms with Gasteiger partial charge in [-0.15, -0.1) is 0 Å². The zero-order valence-electron chi connectivity index (χ0n) is 10.3. The van der Waals surface area contributed by atoms with Crippen LogP contribution < -0.4 is 10.1 Å². The molecule has 0 aromatic heterocycles. The van der Waals surface area contributed by atoms with E-state index in [0.29, 0.717) is 0 Å². The van der Waals surface area contributed by atoms with E-state index in [2.05, 4.69) is 12.2 Å². The van der Waals surface area contributed by atoms with Crippen molar-refractivity contribution in [2.45, 2.75) is 25.1 Å². The van der Waals surface area contributed by atoms with E-state index in [1.54, 1.807) is 13.2 Å². The predicted molar refractivity (Wildman–Crippen MR) is 70.1 cm³/mol. The summed E-state index contributed by atoms with van der Waals surface area (Å²) in [5.41, 5.74) is 1.82. The molecular formula is C13H18FNOS. The van der Waals surface area contributed by atoms with Crippen molar-refractivity contribution in [2.24, 2.45) is 0 Å². The summed E-state index contributed by atoms with van der Waals surface area (Å²) in [6.45, 7) is 2.90. The second kappa shape index (κ2) is 5.74. The summed E-state index contributed by atoms with van der Waals surface area (Å²) in [7, 11) is 1.64. The molecule has 0 saturated carbocycles. The largest absolute Gasteiger partial charge is 0.496 e. The number of fused-ring (bicyclic) bond motifs is 1. The maximum absolute atomic E-state index is 14.0. The first-order chi connectivity index (χ1) is 8.27. The third-order valence-corrected chi connectivity index (χ3v) is 4.09. The van der Waals surface area contributed by atoms with Gasteiger partial charge in [0.15, 0.2) is 0 Å². The molecule has 4 heteroatoms. The maximum atomic E-state index is 14.0. The molecule has 1 heterocycles. The van der Waals surface area contributed by atoms with Crippen molar-refractivity contribution in [1.82, 2.24) is 5.32 Å². The van der Waals surface area contributed by atoms with Crippen LogP contribution in [-0.2, 0) is 5.75 Å². The Morgan fingerprint density at radius 1 is 1.53 bits per heavy atom. The number of rotatable bonds is 3. The molecule has 1 unspecified atom stereocenters. The van der Waals surface area contributed by atoms with Crippen molar-refractivity contribution in [3.63, 3.8) is 0 Å². The topological polar surface area (TPSA) is 21.3 Å². The molecule has 0 fully saturated rings. The van der Waals surface area contributed by atoms with Gasteiger partial charge in [0, 0.05) is 22.9 Å². The van der Waals surface area contributed by atoms with Gasteiger partial charge >= 0.3 is 0 Å². The van der Waals surface area contributed by atoms with E-state index in [-0.39, 0.29) is 11.9 Å². The Hall–Kier alpha value is -0.740.